The minimum atomic E-state index is -1.30. The molecule has 0 aromatic heterocycles. The molecule has 1 rings (SSSR count). The van der Waals surface area contributed by atoms with Gasteiger partial charge in [-0.15, -0.1) is 5.54 Å². The summed E-state index contributed by atoms with van der Waals surface area (Å²) in [6.07, 6.45) is 0. The molecule has 0 aliphatic heterocycles. The molecule has 16 heavy (non-hydrogen) atoms. The highest BCUT2D eigenvalue weighted by molar-refractivity contribution is 6.83. The molecule has 0 aliphatic carbocycles. The molecule has 0 saturated heterocycles. The molecule has 0 heterocycles. The molecule has 0 amide bonds. The molecule has 1 aromatic rings. The molecule has 0 aliphatic rings. The van der Waals surface area contributed by atoms with Crippen molar-refractivity contribution in [2.75, 3.05) is 7.05 Å². The van der Waals surface area contributed by atoms with Gasteiger partial charge in [-0.05, 0) is 12.1 Å². The number of benzene rings is 1. The Morgan fingerprint density at radius 2 is 1.75 bits per heavy atom. The first-order chi connectivity index (χ1) is 7.42. The van der Waals surface area contributed by atoms with Gasteiger partial charge in [-0.1, -0.05) is 37.7 Å². The van der Waals surface area contributed by atoms with Crippen molar-refractivity contribution in [2.24, 2.45) is 0 Å². The smallest absolute Gasteiger partial charge is 0.129 e. The number of hydrogen-bond donors (Lipinski definition) is 2. The van der Waals surface area contributed by atoms with Gasteiger partial charge in [-0.2, -0.15) is 0 Å². The summed E-state index contributed by atoms with van der Waals surface area (Å²) in [5.74, 6) is 3.62. The van der Waals surface area contributed by atoms with Gasteiger partial charge in [-0.3, -0.25) is 5.41 Å². The molecule has 0 saturated carbocycles. The van der Waals surface area contributed by atoms with Gasteiger partial charge in [0.25, 0.3) is 0 Å². The van der Waals surface area contributed by atoms with Crippen molar-refractivity contribution in [2.45, 2.75) is 19.6 Å². The highest BCUT2D eigenvalue weighted by atomic mass is 28.3. The zero-order chi connectivity index (χ0) is 12.2. The molecular weight excluding hydrogens is 212 g/mol. The van der Waals surface area contributed by atoms with Crippen LogP contribution in [-0.4, -0.2) is 21.0 Å². The second kappa shape index (κ2) is 5.00. The highest BCUT2D eigenvalue weighted by Crippen LogP contribution is 2.04. The first-order valence-corrected chi connectivity index (χ1v) is 8.82. The third-order valence-electron chi connectivity index (χ3n) is 2.01. The molecule has 0 atom stereocenters. The van der Waals surface area contributed by atoms with Crippen molar-refractivity contribution in [1.29, 1.82) is 5.41 Å². The summed E-state index contributed by atoms with van der Waals surface area (Å²) >= 11 is 0. The zero-order valence-electron chi connectivity index (χ0n) is 10.3. The molecule has 2 N–H and O–H groups in total. The van der Waals surface area contributed by atoms with Crippen LogP contribution in [0.5, 0.6) is 0 Å². The second-order valence-electron chi connectivity index (χ2n) is 4.70. The van der Waals surface area contributed by atoms with Crippen molar-refractivity contribution in [3.63, 3.8) is 0 Å². The maximum absolute atomic E-state index is 7.61. The lowest BCUT2D eigenvalue weighted by atomic mass is 10.1. The first kappa shape index (κ1) is 12.5. The Kier molecular flexibility index (Phi) is 3.91. The minimum absolute atomic E-state index is 0.435. The summed E-state index contributed by atoms with van der Waals surface area (Å²) in [5.41, 5.74) is 5.23. The molecule has 3 heteroatoms. The fraction of sp³-hybridized carbons (Fsp3) is 0.308. The monoisotopic (exact) mass is 230 g/mol. The molecular formula is C13H18N2Si. The van der Waals surface area contributed by atoms with Gasteiger partial charge in [0.1, 0.15) is 13.9 Å². The van der Waals surface area contributed by atoms with Crippen molar-refractivity contribution >= 4 is 13.9 Å². The molecule has 0 fully saturated rings. The summed E-state index contributed by atoms with van der Waals surface area (Å²) in [4.78, 5) is 0. The molecule has 0 spiro atoms. The average Bonchev–Trinajstić information content (AvgIpc) is 2.25. The largest absolute Gasteiger partial charge is 0.373 e. The van der Waals surface area contributed by atoms with Gasteiger partial charge < -0.3 is 5.32 Å². The van der Waals surface area contributed by atoms with Gasteiger partial charge in [0.05, 0.1) is 0 Å². The summed E-state index contributed by atoms with van der Waals surface area (Å²) in [7, 11) is 0.453. The van der Waals surface area contributed by atoms with Crippen molar-refractivity contribution in [1.82, 2.24) is 5.32 Å². The Labute approximate surface area is 98.6 Å². The minimum Gasteiger partial charge on any atom is -0.373 e. The Balaban J connectivity index is 2.87. The van der Waals surface area contributed by atoms with E-state index in [1.54, 1.807) is 7.05 Å². The van der Waals surface area contributed by atoms with Crippen LogP contribution in [0.25, 0.3) is 0 Å². The van der Waals surface area contributed by atoms with Gasteiger partial charge in [0.15, 0.2) is 0 Å². The van der Waals surface area contributed by atoms with Crippen LogP contribution in [-0.2, 0) is 0 Å². The van der Waals surface area contributed by atoms with Crippen LogP contribution in [0.2, 0.25) is 19.6 Å². The van der Waals surface area contributed by atoms with E-state index in [1.807, 2.05) is 24.3 Å². The van der Waals surface area contributed by atoms with Crippen LogP contribution >= 0.6 is 0 Å². The Morgan fingerprint density at radius 3 is 2.19 bits per heavy atom. The Hall–Kier alpha value is -1.53. The van der Waals surface area contributed by atoms with Gasteiger partial charge in [0, 0.05) is 18.2 Å². The predicted octanol–water partition coefficient (Wildman–Crippen LogP) is 2.46. The lowest BCUT2D eigenvalue weighted by Gasteiger charge is -2.04. The predicted molar refractivity (Wildman–Crippen MR) is 72.6 cm³/mol. The molecule has 0 radical (unpaired) electrons. The van der Waals surface area contributed by atoms with E-state index in [4.69, 9.17) is 5.41 Å². The van der Waals surface area contributed by atoms with Crippen LogP contribution in [0, 0.1) is 16.9 Å². The Morgan fingerprint density at radius 1 is 1.19 bits per heavy atom. The first-order valence-electron chi connectivity index (χ1n) is 5.32. The fourth-order valence-corrected chi connectivity index (χ4v) is 1.64. The molecule has 0 unspecified atom stereocenters. The molecule has 0 bridgehead atoms. The van der Waals surface area contributed by atoms with Gasteiger partial charge >= 0.3 is 0 Å². The maximum atomic E-state index is 7.61. The molecule has 2 nitrogen and oxygen atoms in total. The standard InChI is InChI=1S/C13H18N2Si/c1-15-13(14)12-7-5-11(6-8-12)9-10-16(2,3)4/h5-8H,1-4H3,(H2,14,15). The van der Waals surface area contributed by atoms with E-state index in [-0.39, 0.29) is 0 Å². The third kappa shape index (κ3) is 3.91. The van der Waals surface area contributed by atoms with Crippen LogP contribution < -0.4 is 5.32 Å². The van der Waals surface area contributed by atoms with Crippen LogP contribution in [0.1, 0.15) is 11.1 Å². The van der Waals surface area contributed by atoms with E-state index < -0.39 is 8.07 Å². The highest BCUT2D eigenvalue weighted by Gasteiger charge is 2.07. The van der Waals surface area contributed by atoms with E-state index in [0.29, 0.717) is 5.84 Å². The van der Waals surface area contributed by atoms with Gasteiger partial charge in [0.2, 0.25) is 0 Å². The lowest BCUT2D eigenvalue weighted by Crippen LogP contribution is -2.17. The number of nitrogens with one attached hydrogen (secondary N) is 2. The van der Waals surface area contributed by atoms with Crippen LogP contribution in [0.4, 0.5) is 0 Å². The normalized spacial score (nSPS) is 10.2. The zero-order valence-corrected chi connectivity index (χ0v) is 11.3. The topological polar surface area (TPSA) is 35.9 Å². The quantitative estimate of drug-likeness (QED) is 0.330. The van der Waals surface area contributed by atoms with E-state index >= 15 is 0 Å². The summed E-state index contributed by atoms with van der Waals surface area (Å²) in [6.45, 7) is 6.68. The Bertz CT molecular complexity index is 430. The van der Waals surface area contributed by atoms with E-state index in [0.717, 1.165) is 11.1 Å². The number of hydrogen-bond acceptors (Lipinski definition) is 1. The van der Waals surface area contributed by atoms with Crippen LogP contribution in [0.15, 0.2) is 24.3 Å². The number of rotatable bonds is 1. The summed E-state index contributed by atoms with van der Waals surface area (Å²) in [6, 6.07) is 7.78. The van der Waals surface area contributed by atoms with E-state index in [1.165, 1.54) is 0 Å². The van der Waals surface area contributed by atoms with Crippen molar-refractivity contribution < 1.29 is 0 Å². The fourth-order valence-electron chi connectivity index (χ4n) is 1.12. The number of amidine groups is 1. The lowest BCUT2D eigenvalue weighted by molar-refractivity contribution is 1.14. The van der Waals surface area contributed by atoms with Crippen molar-refractivity contribution in [3.8, 4) is 11.5 Å². The molecule has 84 valence electrons. The second-order valence-corrected chi connectivity index (χ2v) is 9.45. The van der Waals surface area contributed by atoms with E-state index in [2.05, 4.69) is 36.4 Å². The third-order valence-corrected chi connectivity index (χ3v) is 2.88. The van der Waals surface area contributed by atoms with Crippen LogP contribution in [0.3, 0.4) is 0 Å². The maximum Gasteiger partial charge on any atom is 0.129 e. The summed E-state index contributed by atoms with van der Waals surface area (Å²) < 4.78 is 0. The van der Waals surface area contributed by atoms with Gasteiger partial charge in [-0.25, -0.2) is 0 Å². The van der Waals surface area contributed by atoms with Crippen molar-refractivity contribution in [3.05, 3.63) is 35.4 Å². The van der Waals surface area contributed by atoms with E-state index in [9.17, 15) is 0 Å². The SMILES string of the molecule is CNC(=N)c1ccc(C#C[Si](C)(C)C)cc1. The molecule has 1 aromatic carbocycles. The average molecular weight is 230 g/mol. The summed E-state index contributed by atoms with van der Waals surface area (Å²) in [5, 5.41) is 10.4.